The average molecular weight is 523 g/mol. The van der Waals surface area contributed by atoms with Crippen molar-refractivity contribution in [2.45, 2.75) is 213 Å². The zero-order chi connectivity index (χ0) is 26.9. The van der Waals surface area contributed by atoms with Crippen molar-refractivity contribution in [1.82, 2.24) is 0 Å². The van der Waals surface area contributed by atoms with E-state index in [0.29, 0.717) is 13.0 Å². The van der Waals surface area contributed by atoms with Gasteiger partial charge in [0.05, 0.1) is 6.61 Å². The number of unbranched alkanes of at least 4 members (excludes halogenated alkanes) is 28. The Kier molecular flexibility index (Phi) is 33.0. The van der Waals surface area contributed by atoms with Crippen molar-refractivity contribution in [3.63, 3.8) is 0 Å². The highest BCUT2D eigenvalue weighted by Gasteiger charge is 2.01. The van der Waals surface area contributed by atoms with E-state index in [2.05, 4.69) is 13.8 Å². The Bertz CT molecular complexity index is 419. The second-order valence-electron chi connectivity index (χ2n) is 11.9. The molecule has 0 saturated heterocycles. The maximum absolute atomic E-state index is 11.4. The van der Waals surface area contributed by atoms with E-state index in [9.17, 15) is 4.79 Å². The molecule has 0 atom stereocenters. The predicted octanol–water partition coefficient (Wildman–Crippen LogP) is 12.7. The van der Waals surface area contributed by atoms with Gasteiger partial charge in [-0.15, -0.1) is 0 Å². The zero-order valence-corrected chi connectivity index (χ0v) is 25.9. The first-order chi connectivity index (χ1) is 18.3. The van der Waals surface area contributed by atoms with Gasteiger partial charge in [0.1, 0.15) is 0 Å². The van der Waals surface area contributed by atoms with E-state index in [1.807, 2.05) is 0 Å². The lowest BCUT2D eigenvalue weighted by molar-refractivity contribution is -0.143. The van der Waals surface area contributed by atoms with Crippen molar-refractivity contribution in [2.24, 2.45) is 0 Å². The molecule has 0 aromatic carbocycles. The highest BCUT2D eigenvalue weighted by Crippen LogP contribution is 2.16. The van der Waals surface area contributed by atoms with Crippen LogP contribution in [0, 0.1) is 0 Å². The number of carbonyl (C=O) groups excluding carboxylic acids is 1. The summed E-state index contributed by atoms with van der Waals surface area (Å²) >= 11 is 0. The van der Waals surface area contributed by atoms with E-state index >= 15 is 0 Å². The highest BCUT2D eigenvalue weighted by atomic mass is 16.5. The molecule has 0 aliphatic heterocycles. The number of hydrogen-bond donors (Lipinski definition) is 0. The van der Waals surface area contributed by atoms with Gasteiger partial charge in [0.15, 0.2) is 0 Å². The summed E-state index contributed by atoms with van der Waals surface area (Å²) in [6.07, 6.45) is 42.4. The zero-order valence-electron chi connectivity index (χ0n) is 25.9. The van der Waals surface area contributed by atoms with Gasteiger partial charge in [0.25, 0.3) is 0 Å². The Morgan fingerprint density at radius 3 is 0.865 bits per heavy atom. The summed E-state index contributed by atoms with van der Waals surface area (Å²) in [5.41, 5.74) is 0. The van der Waals surface area contributed by atoms with Crippen LogP contribution in [0.2, 0.25) is 0 Å². The summed E-state index contributed by atoms with van der Waals surface area (Å²) in [6.45, 7) is 5.04. The standard InChI is InChI=1S/C35H70O2/c1-3-5-7-8-9-10-11-12-13-14-15-16-17-18-19-20-21-22-23-24-25-26-27-28-29-30-31-32-34-37-35(36)33-6-4-2/h3-34H2,1-2H3. The lowest BCUT2D eigenvalue weighted by atomic mass is 10.0. The number of hydrogen-bond acceptors (Lipinski definition) is 2. The molecule has 2 nitrogen and oxygen atoms in total. The van der Waals surface area contributed by atoms with Gasteiger partial charge in [0.2, 0.25) is 0 Å². The quantitative estimate of drug-likeness (QED) is 0.0648. The lowest BCUT2D eigenvalue weighted by Gasteiger charge is -2.05. The number of esters is 1. The van der Waals surface area contributed by atoms with Gasteiger partial charge >= 0.3 is 5.97 Å². The molecule has 2 heteroatoms. The molecule has 0 rings (SSSR count). The SMILES string of the molecule is CCCCCCCCCCCCCCCCCCCCCCCCCCCCCCOC(=O)CCCC. The molecule has 0 fully saturated rings. The smallest absolute Gasteiger partial charge is 0.305 e. The minimum atomic E-state index is -0.00753. The fourth-order valence-electron chi connectivity index (χ4n) is 5.35. The third-order valence-electron chi connectivity index (χ3n) is 8.00. The van der Waals surface area contributed by atoms with Gasteiger partial charge in [0, 0.05) is 6.42 Å². The number of rotatable bonds is 32. The van der Waals surface area contributed by atoms with Crippen LogP contribution < -0.4 is 0 Å². The Labute approximate surface area is 234 Å². The first-order valence-corrected chi connectivity index (χ1v) is 17.5. The first kappa shape index (κ1) is 36.5. The molecule has 0 aliphatic rings. The van der Waals surface area contributed by atoms with Crippen LogP contribution >= 0.6 is 0 Å². The molecule has 0 amide bonds. The Hall–Kier alpha value is -0.530. The molecule has 222 valence electrons. The molecular formula is C35H70O2. The number of carbonyl (C=O) groups is 1. The van der Waals surface area contributed by atoms with Gasteiger partial charge in [-0.2, -0.15) is 0 Å². The molecule has 0 bridgehead atoms. The van der Waals surface area contributed by atoms with E-state index < -0.39 is 0 Å². The molecule has 0 aliphatic carbocycles. The van der Waals surface area contributed by atoms with E-state index in [0.717, 1.165) is 19.3 Å². The Morgan fingerprint density at radius 2 is 0.595 bits per heavy atom. The molecule has 0 heterocycles. The molecule has 0 radical (unpaired) electrons. The van der Waals surface area contributed by atoms with E-state index in [1.165, 1.54) is 173 Å². The molecule has 0 aromatic heterocycles. The van der Waals surface area contributed by atoms with Crippen LogP contribution in [-0.2, 0) is 9.53 Å². The summed E-state index contributed by atoms with van der Waals surface area (Å²) < 4.78 is 5.26. The average Bonchev–Trinajstić information content (AvgIpc) is 2.91. The van der Waals surface area contributed by atoms with Crippen LogP contribution in [0.5, 0.6) is 0 Å². The van der Waals surface area contributed by atoms with Crippen molar-refractivity contribution >= 4 is 5.97 Å². The lowest BCUT2D eigenvalue weighted by Crippen LogP contribution is -2.05. The Balaban J connectivity index is 3.05. The van der Waals surface area contributed by atoms with Crippen LogP contribution in [0.1, 0.15) is 213 Å². The van der Waals surface area contributed by atoms with Crippen molar-refractivity contribution in [3.8, 4) is 0 Å². The molecule has 0 unspecified atom stereocenters. The molecular weight excluding hydrogens is 452 g/mol. The summed E-state index contributed by atoms with van der Waals surface area (Å²) in [7, 11) is 0. The van der Waals surface area contributed by atoms with E-state index in [1.54, 1.807) is 0 Å². The van der Waals surface area contributed by atoms with Gasteiger partial charge in [-0.05, 0) is 12.8 Å². The largest absolute Gasteiger partial charge is 0.466 e. The van der Waals surface area contributed by atoms with Crippen molar-refractivity contribution in [2.75, 3.05) is 6.61 Å². The van der Waals surface area contributed by atoms with Crippen molar-refractivity contribution in [3.05, 3.63) is 0 Å². The Morgan fingerprint density at radius 1 is 0.351 bits per heavy atom. The molecule has 0 N–H and O–H groups in total. The minimum Gasteiger partial charge on any atom is -0.466 e. The number of ether oxygens (including phenoxy) is 1. The monoisotopic (exact) mass is 523 g/mol. The molecule has 0 aromatic rings. The fraction of sp³-hybridized carbons (Fsp3) is 0.971. The summed E-state index contributed by atoms with van der Waals surface area (Å²) in [5.74, 6) is -0.00753. The van der Waals surface area contributed by atoms with Crippen LogP contribution in [0.4, 0.5) is 0 Å². The second kappa shape index (κ2) is 33.5. The summed E-state index contributed by atoms with van der Waals surface area (Å²) in [4.78, 5) is 11.4. The minimum absolute atomic E-state index is 0.00753. The van der Waals surface area contributed by atoms with E-state index in [4.69, 9.17) is 4.74 Å². The van der Waals surface area contributed by atoms with Gasteiger partial charge in [-0.1, -0.05) is 194 Å². The van der Waals surface area contributed by atoms with Crippen molar-refractivity contribution < 1.29 is 9.53 Å². The highest BCUT2D eigenvalue weighted by molar-refractivity contribution is 5.69. The fourth-order valence-corrected chi connectivity index (χ4v) is 5.35. The maximum Gasteiger partial charge on any atom is 0.305 e. The van der Waals surface area contributed by atoms with Crippen LogP contribution in [0.25, 0.3) is 0 Å². The second-order valence-corrected chi connectivity index (χ2v) is 11.9. The summed E-state index contributed by atoms with van der Waals surface area (Å²) in [5, 5.41) is 0. The normalized spacial score (nSPS) is 11.3. The van der Waals surface area contributed by atoms with Gasteiger partial charge in [-0.25, -0.2) is 0 Å². The first-order valence-electron chi connectivity index (χ1n) is 17.5. The van der Waals surface area contributed by atoms with Gasteiger partial charge < -0.3 is 4.74 Å². The van der Waals surface area contributed by atoms with Gasteiger partial charge in [-0.3, -0.25) is 4.79 Å². The van der Waals surface area contributed by atoms with Crippen LogP contribution in [0.3, 0.4) is 0 Å². The predicted molar refractivity (Wildman–Crippen MR) is 165 cm³/mol. The van der Waals surface area contributed by atoms with Crippen LogP contribution in [0.15, 0.2) is 0 Å². The summed E-state index contributed by atoms with van der Waals surface area (Å²) in [6, 6.07) is 0. The molecule has 37 heavy (non-hydrogen) atoms. The van der Waals surface area contributed by atoms with Crippen LogP contribution in [-0.4, -0.2) is 12.6 Å². The molecule has 0 saturated carbocycles. The maximum atomic E-state index is 11.4. The topological polar surface area (TPSA) is 26.3 Å². The van der Waals surface area contributed by atoms with E-state index in [-0.39, 0.29) is 5.97 Å². The molecule has 0 spiro atoms. The van der Waals surface area contributed by atoms with Crippen molar-refractivity contribution in [1.29, 1.82) is 0 Å². The third-order valence-corrected chi connectivity index (χ3v) is 8.00. The third kappa shape index (κ3) is 33.4.